The maximum atomic E-state index is 13.7. The number of hydrogen-bond acceptors (Lipinski definition) is 1. The second kappa shape index (κ2) is 4.84. The third-order valence-electron chi connectivity index (χ3n) is 3.58. The molecule has 0 bridgehead atoms. The molecule has 16 heavy (non-hydrogen) atoms. The molecule has 3 heteroatoms. The highest BCUT2D eigenvalue weighted by atomic mass is 79.9. The van der Waals surface area contributed by atoms with Crippen LogP contribution in [0.25, 0.3) is 0 Å². The quantitative estimate of drug-likeness (QED) is 0.899. The molecule has 0 aliphatic heterocycles. The smallest absolute Gasteiger partial charge is 0.127 e. The van der Waals surface area contributed by atoms with E-state index in [9.17, 15) is 9.50 Å². The molecule has 0 heterocycles. The van der Waals surface area contributed by atoms with Gasteiger partial charge in [-0.15, -0.1) is 0 Å². The Hall–Kier alpha value is -0.410. The molecule has 0 atom stereocenters. The highest BCUT2D eigenvalue weighted by molar-refractivity contribution is 9.10. The van der Waals surface area contributed by atoms with E-state index in [0.717, 1.165) is 35.7 Å². The molecule has 1 saturated carbocycles. The Labute approximate surface area is 104 Å². The number of benzene rings is 1. The average Bonchev–Trinajstić information content (AvgIpc) is 2.72. The minimum Gasteiger partial charge on any atom is -0.396 e. The van der Waals surface area contributed by atoms with Gasteiger partial charge in [0.2, 0.25) is 0 Å². The summed E-state index contributed by atoms with van der Waals surface area (Å²) in [6.07, 6.45) is 4.98. The lowest BCUT2D eigenvalue weighted by Gasteiger charge is -2.26. The van der Waals surface area contributed by atoms with Gasteiger partial charge in [-0.05, 0) is 42.4 Å². The Balaban J connectivity index is 2.19. The molecule has 1 fully saturated rings. The second-order valence-electron chi connectivity index (χ2n) is 4.78. The number of rotatable bonds is 3. The molecule has 1 aliphatic rings. The van der Waals surface area contributed by atoms with E-state index >= 15 is 0 Å². The fourth-order valence-corrected chi connectivity index (χ4v) is 2.92. The molecule has 1 N–H and O–H groups in total. The molecule has 0 radical (unpaired) electrons. The van der Waals surface area contributed by atoms with Crippen molar-refractivity contribution in [2.24, 2.45) is 5.41 Å². The molecule has 1 aromatic carbocycles. The number of aliphatic hydroxyl groups excluding tert-OH is 1. The summed E-state index contributed by atoms with van der Waals surface area (Å²) in [6, 6.07) is 5.17. The van der Waals surface area contributed by atoms with Crippen molar-refractivity contribution >= 4 is 15.9 Å². The molecule has 0 saturated heterocycles. The van der Waals surface area contributed by atoms with E-state index in [1.165, 1.54) is 6.07 Å². The van der Waals surface area contributed by atoms with Crippen molar-refractivity contribution in [1.29, 1.82) is 0 Å². The lowest BCUT2D eigenvalue weighted by molar-refractivity contribution is 0.129. The van der Waals surface area contributed by atoms with Gasteiger partial charge in [0.25, 0.3) is 0 Å². The lowest BCUT2D eigenvalue weighted by atomic mass is 9.81. The van der Waals surface area contributed by atoms with Gasteiger partial charge < -0.3 is 5.11 Å². The number of halogens is 2. The van der Waals surface area contributed by atoms with Gasteiger partial charge in [-0.2, -0.15) is 0 Å². The van der Waals surface area contributed by atoms with Gasteiger partial charge in [0.05, 0.1) is 0 Å². The van der Waals surface area contributed by atoms with E-state index in [4.69, 9.17) is 0 Å². The third-order valence-corrected chi connectivity index (χ3v) is 4.07. The standard InChI is InChI=1S/C13H16BrFO/c14-11-4-3-10(12(15)7-11)8-13(9-16)5-1-2-6-13/h3-4,7,16H,1-2,5-6,8-9H2. The van der Waals surface area contributed by atoms with Crippen LogP contribution in [0.3, 0.4) is 0 Å². The first-order valence-corrected chi connectivity index (χ1v) is 6.49. The average molecular weight is 287 g/mol. The Morgan fingerprint density at radius 1 is 1.31 bits per heavy atom. The first-order valence-electron chi connectivity index (χ1n) is 5.70. The zero-order valence-electron chi connectivity index (χ0n) is 9.18. The predicted molar refractivity (Wildman–Crippen MR) is 65.8 cm³/mol. The van der Waals surface area contributed by atoms with Crippen LogP contribution in [0, 0.1) is 11.2 Å². The van der Waals surface area contributed by atoms with E-state index in [1.807, 2.05) is 12.1 Å². The van der Waals surface area contributed by atoms with Crippen molar-refractivity contribution in [2.75, 3.05) is 6.61 Å². The predicted octanol–water partition coefficient (Wildman–Crippen LogP) is 3.68. The zero-order chi connectivity index (χ0) is 11.6. The molecule has 88 valence electrons. The monoisotopic (exact) mass is 286 g/mol. The molecular formula is C13H16BrFO. The van der Waals surface area contributed by atoms with Gasteiger partial charge in [0.15, 0.2) is 0 Å². The molecule has 0 aromatic heterocycles. The van der Waals surface area contributed by atoms with Gasteiger partial charge in [-0.3, -0.25) is 0 Å². The summed E-state index contributed by atoms with van der Waals surface area (Å²) in [7, 11) is 0. The van der Waals surface area contributed by atoms with Crippen LogP contribution in [0.5, 0.6) is 0 Å². The molecule has 0 unspecified atom stereocenters. The molecular weight excluding hydrogens is 271 g/mol. The summed E-state index contributed by atoms with van der Waals surface area (Å²) < 4.78 is 14.5. The van der Waals surface area contributed by atoms with E-state index in [-0.39, 0.29) is 17.8 Å². The van der Waals surface area contributed by atoms with Crippen LogP contribution >= 0.6 is 15.9 Å². The van der Waals surface area contributed by atoms with Crippen molar-refractivity contribution < 1.29 is 9.50 Å². The Bertz CT molecular complexity index is 372. The minimum absolute atomic E-state index is 0.0747. The Morgan fingerprint density at radius 3 is 2.56 bits per heavy atom. The third kappa shape index (κ3) is 2.46. The summed E-state index contributed by atoms with van der Waals surface area (Å²) in [5.41, 5.74) is 0.647. The van der Waals surface area contributed by atoms with Crippen LogP contribution in [0.2, 0.25) is 0 Å². The maximum absolute atomic E-state index is 13.7. The molecule has 1 aliphatic carbocycles. The molecule has 0 amide bonds. The highest BCUT2D eigenvalue weighted by Gasteiger charge is 2.33. The van der Waals surface area contributed by atoms with Crippen molar-refractivity contribution in [1.82, 2.24) is 0 Å². The van der Waals surface area contributed by atoms with E-state index in [0.29, 0.717) is 6.42 Å². The molecule has 1 aromatic rings. The van der Waals surface area contributed by atoms with E-state index < -0.39 is 0 Å². The van der Waals surface area contributed by atoms with Crippen LogP contribution < -0.4 is 0 Å². The van der Waals surface area contributed by atoms with Crippen LogP contribution in [-0.2, 0) is 6.42 Å². The largest absolute Gasteiger partial charge is 0.396 e. The summed E-state index contributed by atoms with van der Waals surface area (Å²) in [5, 5.41) is 9.49. The first-order chi connectivity index (χ1) is 7.65. The molecule has 0 spiro atoms. The fraction of sp³-hybridized carbons (Fsp3) is 0.538. The van der Waals surface area contributed by atoms with Crippen molar-refractivity contribution in [2.45, 2.75) is 32.1 Å². The van der Waals surface area contributed by atoms with Crippen molar-refractivity contribution in [3.8, 4) is 0 Å². The van der Waals surface area contributed by atoms with Gasteiger partial charge in [-0.1, -0.05) is 34.8 Å². The van der Waals surface area contributed by atoms with Crippen molar-refractivity contribution in [3.63, 3.8) is 0 Å². The fourth-order valence-electron chi connectivity index (χ4n) is 2.58. The Kier molecular flexibility index (Phi) is 3.65. The van der Waals surface area contributed by atoms with Crippen LogP contribution in [0.15, 0.2) is 22.7 Å². The molecule has 1 nitrogen and oxygen atoms in total. The maximum Gasteiger partial charge on any atom is 0.127 e. The van der Waals surface area contributed by atoms with Gasteiger partial charge in [-0.25, -0.2) is 4.39 Å². The summed E-state index contributed by atoms with van der Waals surface area (Å²) in [4.78, 5) is 0. The van der Waals surface area contributed by atoms with Crippen LogP contribution in [0.4, 0.5) is 4.39 Å². The first kappa shape index (κ1) is 12.1. The van der Waals surface area contributed by atoms with Gasteiger partial charge in [0, 0.05) is 11.1 Å². The van der Waals surface area contributed by atoms with Gasteiger partial charge in [0.1, 0.15) is 5.82 Å². The number of hydrogen-bond donors (Lipinski definition) is 1. The van der Waals surface area contributed by atoms with E-state index in [2.05, 4.69) is 15.9 Å². The minimum atomic E-state index is -0.172. The van der Waals surface area contributed by atoms with Crippen LogP contribution in [0.1, 0.15) is 31.2 Å². The lowest BCUT2D eigenvalue weighted by Crippen LogP contribution is -2.24. The second-order valence-corrected chi connectivity index (χ2v) is 5.69. The SMILES string of the molecule is OCC1(Cc2ccc(Br)cc2F)CCCC1. The zero-order valence-corrected chi connectivity index (χ0v) is 10.8. The van der Waals surface area contributed by atoms with Crippen molar-refractivity contribution in [3.05, 3.63) is 34.1 Å². The Morgan fingerprint density at radius 2 is 2.00 bits per heavy atom. The molecule has 2 rings (SSSR count). The number of aliphatic hydroxyl groups is 1. The van der Waals surface area contributed by atoms with Crippen LogP contribution in [-0.4, -0.2) is 11.7 Å². The normalized spacial score (nSPS) is 18.9. The van der Waals surface area contributed by atoms with E-state index in [1.54, 1.807) is 0 Å². The summed E-state index contributed by atoms with van der Waals surface area (Å²) >= 11 is 3.25. The van der Waals surface area contributed by atoms with Gasteiger partial charge >= 0.3 is 0 Å². The summed E-state index contributed by atoms with van der Waals surface area (Å²) in [5.74, 6) is -0.172. The summed E-state index contributed by atoms with van der Waals surface area (Å²) in [6.45, 7) is 0.169. The highest BCUT2D eigenvalue weighted by Crippen LogP contribution is 2.41. The topological polar surface area (TPSA) is 20.2 Å².